The third-order valence-corrected chi connectivity index (χ3v) is 5.37. The van der Waals surface area contributed by atoms with Crippen molar-refractivity contribution in [2.24, 2.45) is 5.92 Å². The van der Waals surface area contributed by atoms with Gasteiger partial charge in [-0.3, -0.25) is 4.79 Å². The number of fused-ring (bicyclic) bond motifs is 2. The zero-order chi connectivity index (χ0) is 20.2. The minimum absolute atomic E-state index is 0.262. The second-order valence-electron chi connectivity index (χ2n) is 7.02. The number of para-hydroxylation sites is 1. The van der Waals surface area contributed by atoms with E-state index in [9.17, 15) is 35.4 Å². The number of hydrogen-bond acceptors (Lipinski definition) is 9. The van der Waals surface area contributed by atoms with Gasteiger partial charge in [0.05, 0.1) is 17.7 Å². The minimum atomic E-state index is -1.71. The number of aliphatic hydroxyl groups is 6. The van der Waals surface area contributed by atoms with Gasteiger partial charge in [0, 0.05) is 0 Å². The van der Waals surface area contributed by atoms with E-state index in [0.717, 1.165) is 0 Å². The maximum atomic E-state index is 12.9. The van der Waals surface area contributed by atoms with Crippen LogP contribution in [0, 0.1) is 5.92 Å². The summed E-state index contributed by atoms with van der Waals surface area (Å²) >= 11 is 0. The molecule has 0 aromatic heterocycles. The zero-order valence-corrected chi connectivity index (χ0v) is 14.5. The highest BCUT2D eigenvalue weighted by atomic mass is 16.5. The number of ketones is 1. The fourth-order valence-corrected chi connectivity index (χ4v) is 3.89. The lowest BCUT2D eigenvalue weighted by molar-refractivity contribution is -0.220. The van der Waals surface area contributed by atoms with Crippen LogP contribution in [0.3, 0.4) is 0 Å². The van der Waals surface area contributed by atoms with Crippen molar-refractivity contribution in [2.45, 2.75) is 36.6 Å². The first-order valence-corrected chi connectivity index (χ1v) is 8.79. The number of benzene rings is 1. The van der Waals surface area contributed by atoms with Crippen molar-refractivity contribution in [3.8, 4) is 5.75 Å². The van der Waals surface area contributed by atoms with Gasteiger partial charge in [0.1, 0.15) is 59.8 Å². The van der Waals surface area contributed by atoms with Crippen molar-refractivity contribution in [3.05, 3.63) is 53.0 Å². The van der Waals surface area contributed by atoms with E-state index in [0.29, 0.717) is 5.75 Å². The summed E-state index contributed by atoms with van der Waals surface area (Å²) in [6.07, 6.45) is -7.45. The maximum Gasteiger partial charge on any atom is 0.181 e. The van der Waals surface area contributed by atoms with Gasteiger partial charge in [0.25, 0.3) is 0 Å². The summed E-state index contributed by atoms with van der Waals surface area (Å²) in [5.41, 5.74) is -0.0345. The van der Waals surface area contributed by atoms with Crippen LogP contribution >= 0.6 is 0 Å². The molecule has 0 unspecified atom stereocenters. The van der Waals surface area contributed by atoms with Gasteiger partial charge in [-0.2, -0.15) is 0 Å². The van der Waals surface area contributed by atoms with E-state index in [-0.39, 0.29) is 11.1 Å². The third kappa shape index (κ3) is 2.71. The van der Waals surface area contributed by atoms with Crippen LogP contribution in [-0.2, 0) is 4.74 Å². The average Bonchev–Trinajstić information content (AvgIpc) is 2.67. The molecule has 1 aromatic rings. The molecule has 1 aliphatic carbocycles. The molecule has 3 aliphatic rings. The molecule has 0 saturated carbocycles. The van der Waals surface area contributed by atoms with Crippen LogP contribution in [0.5, 0.6) is 5.75 Å². The van der Waals surface area contributed by atoms with E-state index in [1.807, 2.05) is 0 Å². The summed E-state index contributed by atoms with van der Waals surface area (Å²) in [4.78, 5) is 12.9. The molecule has 0 bridgehead atoms. The molecule has 2 heterocycles. The molecule has 1 saturated heterocycles. The van der Waals surface area contributed by atoms with Gasteiger partial charge in [-0.25, -0.2) is 0 Å². The second kappa shape index (κ2) is 6.87. The van der Waals surface area contributed by atoms with Crippen LogP contribution in [0.1, 0.15) is 10.4 Å². The highest BCUT2D eigenvalue weighted by Crippen LogP contribution is 2.41. The quantitative estimate of drug-likeness (QED) is 0.385. The van der Waals surface area contributed by atoms with Crippen molar-refractivity contribution in [2.75, 3.05) is 6.61 Å². The summed E-state index contributed by atoms with van der Waals surface area (Å²) in [5.74, 6) is -2.34. The van der Waals surface area contributed by atoms with Crippen molar-refractivity contribution in [1.29, 1.82) is 0 Å². The SMILES string of the molecule is O=C1c2ccccc2O[C@H]2C=C(O)C([C@H]3O[C@@H](CO)[C@@H](O)[C@@H](O)[C@H]3O)=C(O)[C@@H]12. The molecular formula is C19H20O9. The lowest BCUT2D eigenvalue weighted by Gasteiger charge is -2.42. The van der Waals surface area contributed by atoms with E-state index in [2.05, 4.69) is 0 Å². The number of Topliss-reactive ketones (excluding diaryl/α,β-unsaturated/α-hetero) is 1. The molecule has 2 aliphatic heterocycles. The molecule has 0 radical (unpaired) electrons. The molecule has 0 amide bonds. The topological polar surface area (TPSA) is 157 Å². The molecule has 1 fully saturated rings. The monoisotopic (exact) mass is 392 g/mol. The molecule has 4 rings (SSSR count). The Morgan fingerprint density at radius 1 is 1.00 bits per heavy atom. The predicted octanol–water partition coefficient (Wildman–Crippen LogP) is -0.644. The molecule has 9 nitrogen and oxygen atoms in total. The molecule has 7 atom stereocenters. The van der Waals surface area contributed by atoms with Gasteiger partial charge in [0.15, 0.2) is 5.78 Å². The van der Waals surface area contributed by atoms with E-state index in [1.165, 1.54) is 6.08 Å². The summed E-state index contributed by atoms with van der Waals surface area (Å²) < 4.78 is 11.1. The third-order valence-electron chi connectivity index (χ3n) is 5.37. The first-order chi connectivity index (χ1) is 13.3. The van der Waals surface area contributed by atoms with E-state index < -0.39 is 66.5 Å². The highest BCUT2D eigenvalue weighted by molar-refractivity contribution is 6.03. The van der Waals surface area contributed by atoms with Crippen LogP contribution in [-0.4, -0.2) is 79.7 Å². The number of carbonyl (C=O) groups is 1. The Hall–Kier alpha value is -2.43. The van der Waals surface area contributed by atoms with Crippen LogP contribution in [0.2, 0.25) is 0 Å². The maximum absolute atomic E-state index is 12.9. The predicted molar refractivity (Wildman–Crippen MR) is 92.8 cm³/mol. The van der Waals surface area contributed by atoms with E-state index in [1.54, 1.807) is 24.3 Å². The van der Waals surface area contributed by atoms with Crippen LogP contribution in [0.25, 0.3) is 0 Å². The number of aliphatic hydroxyl groups excluding tert-OH is 6. The number of rotatable bonds is 2. The Labute approximate surface area is 159 Å². The summed E-state index contributed by atoms with van der Waals surface area (Å²) in [7, 11) is 0. The van der Waals surface area contributed by atoms with E-state index >= 15 is 0 Å². The largest absolute Gasteiger partial charge is 0.511 e. The van der Waals surface area contributed by atoms with Crippen molar-refractivity contribution in [3.63, 3.8) is 0 Å². The van der Waals surface area contributed by atoms with Crippen molar-refractivity contribution >= 4 is 5.78 Å². The zero-order valence-electron chi connectivity index (χ0n) is 14.5. The summed E-state index contributed by atoms with van der Waals surface area (Å²) in [5, 5.41) is 60.8. The van der Waals surface area contributed by atoms with Crippen LogP contribution in [0.15, 0.2) is 47.4 Å². The fraction of sp³-hybridized carbons (Fsp3) is 0.421. The average molecular weight is 392 g/mol. The highest BCUT2D eigenvalue weighted by Gasteiger charge is 2.50. The first kappa shape index (κ1) is 18.9. The Bertz CT molecular complexity index is 859. The second-order valence-corrected chi connectivity index (χ2v) is 7.02. The number of hydrogen-bond donors (Lipinski definition) is 6. The summed E-state index contributed by atoms with van der Waals surface area (Å²) in [6, 6.07) is 6.48. The van der Waals surface area contributed by atoms with Gasteiger partial charge in [-0.05, 0) is 18.2 Å². The standard InChI is InChI=1S/C19H20O9/c20-6-11-15(23)17(25)18(26)19(28-11)12-8(21)5-10-13(16(12)24)14(22)7-3-1-2-4-9(7)27-10/h1-5,10-11,13,15,17-21,23-26H,6H2/t10-,11-,13+,15+,17+,18+,19+/m0/s1. The molecule has 150 valence electrons. The smallest absolute Gasteiger partial charge is 0.181 e. The molecule has 6 N–H and O–H groups in total. The van der Waals surface area contributed by atoms with Gasteiger partial charge in [-0.1, -0.05) is 12.1 Å². The van der Waals surface area contributed by atoms with Gasteiger partial charge in [-0.15, -0.1) is 0 Å². The fourth-order valence-electron chi connectivity index (χ4n) is 3.89. The number of carbonyl (C=O) groups excluding carboxylic acids is 1. The van der Waals surface area contributed by atoms with Crippen molar-refractivity contribution in [1.82, 2.24) is 0 Å². The first-order valence-electron chi connectivity index (χ1n) is 8.79. The molecule has 9 heteroatoms. The summed E-state index contributed by atoms with van der Waals surface area (Å²) in [6.45, 7) is -0.665. The van der Waals surface area contributed by atoms with Crippen molar-refractivity contribution < 1.29 is 44.9 Å². The molecule has 1 aromatic carbocycles. The molecular weight excluding hydrogens is 372 g/mol. The van der Waals surface area contributed by atoms with Crippen LogP contribution in [0.4, 0.5) is 0 Å². The molecule has 0 spiro atoms. The normalized spacial score (nSPS) is 37.6. The van der Waals surface area contributed by atoms with Gasteiger partial charge in [0.2, 0.25) is 0 Å². The van der Waals surface area contributed by atoms with E-state index in [4.69, 9.17) is 9.47 Å². The van der Waals surface area contributed by atoms with Gasteiger partial charge >= 0.3 is 0 Å². The Balaban J connectivity index is 1.75. The Kier molecular flexibility index (Phi) is 4.64. The van der Waals surface area contributed by atoms with Crippen LogP contribution < -0.4 is 4.74 Å². The minimum Gasteiger partial charge on any atom is -0.511 e. The lowest BCUT2D eigenvalue weighted by Crippen LogP contribution is -2.59. The van der Waals surface area contributed by atoms with Gasteiger partial charge < -0.3 is 40.1 Å². The Morgan fingerprint density at radius 3 is 2.43 bits per heavy atom. The Morgan fingerprint density at radius 2 is 1.71 bits per heavy atom. The lowest BCUT2D eigenvalue weighted by atomic mass is 9.79. The molecule has 28 heavy (non-hydrogen) atoms. The number of ether oxygens (including phenoxy) is 2.